The van der Waals surface area contributed by atoms with E-state index in [1.165, 1.54) is 28.2 Å². The Hall–Kier alpha value is -2.48. The number of hydrogen-bond acceptors (Lipinski definition) is 2. The third-order valence-electron chi connectivity index (χ3n) is 4.90. The first-order valence-corrected chi connectivity index (χ1v) is 7.47. The van der Waals surface area contributed by atoms with E-state index in [0.29, 0.717) is 0 Å². The molecule has 2 aromatic rings. The Morgan fingerprint density at radius 2 is 1.81 bits per heavy atom. The molecule has 21 heavy (non-hydrogen) atoms. The van der Waals surface area contributed by atoms with Gasteiger partial charge in [0.25, 0.3) is 0 Å². The van der Waals surface area contributed by atoms with Gasteiger partial charge >= 0.3 is 0 Å². The van der Waals surface area contributed by atoms with Crippen LogP contribution in [0.5, 0.6) is 0 Å². The molecule has 1 unspecified atom stereocenters. The fourth-order valence-electron chi connectivity index (χ4n) is 3.88. The highest BCUT2D eigenvalue weighted by Crippen LogP contribution is 2.46. The van der Waals surface area contributed by atoms with Gasteiger partial charge in [0.2, 0.25) is 0 Å². The second kappa shape index (κ2) is 3.79. The molecule has 5 rings (SSSR count). The summed E-state index contributed by atoms with van der Waals surface area (Å²) in [4.78, 5) is 2.46. The first-order valence-electron chi connectivity index (χ1n) is 7.47. The van der Waals surface area contributed by atoms with Crippen LogP contribution in [-0.4, -0.2) is 13.1 Å². The van der Waals surface area contributed by atoms with E-state index in [0.717, 1.165) is 13.1 Å². The van der Waals surface area contributed by atoms with Gasteiger partial charge in [-0.25, -0.2) is 0 Å². The summed E-state index contributed by atoms with van der Waals surface area (Å²) in [5, 5.41) is 3.57. The summed E-state index contributed by atoms with van der Waals surface area (Å²) < 4.78 is 0. The second-order valence-corrected chi connectivity index (χ2v) is 6.10. The molecule has 0 aromatic heterocycles. The molecule has 0 fully saturated rings. The van der Waals surface area contributed by atoms with Crippen molar-refractivity contribution in [2.45, 2.75) is 5.41 Å². The number of nitrogens with zero attached hydrogens (tertiary/aromatic N) is 1. The molecule has 0 radical (unpaired) electrons. The van der Waals surface area contributed by atoms with E-state index in [1.54, 1.807) is 0 Å². The van der Waals surface area contributed by atoms with E-state index in [-0.39, 0.29) is 5.41 Å². The van der Waals surface area contributed by atoms with Crippen molar-refractivity contribution in [3.05, 3.63) is 77.5 Å². The lowest BCUT2D eigenvalue weighted by Gasteiger charge is -2.29. The molecule has 3 heterocycles. The van der Waals surface area contributed by atoms with Crippen molar-refractivity contribution in [1.29, 1.82) is 0 Å². The highest BCUT2D eigenvalue weighted by molar-refractivity contribution is 5.79. The van der Waals surface area contributed by atoms with Crippen molar-refractivity contribution in [3.63, 3.8) is 0 Å². The predicted molar refractivity (Wildman–Crippen MR) is 87.5 cm³/mol. The van der Waals surface area contributed by atoms with Crippen LogP contribution in [0.25, 0.3) is 6.08 Å². The minimum atomic E-state index is 0.105. The zero-order valence-corrected chi connectivity index (χ0v) is 11.7. The van der Waals surface area contributed by atoms with Crippen LogP contribution in [0.4, 0.5) is 11.4 Å². The summed E-state index contributed by atoms with van der Waals surface area (Å²) in [5.74, 6) is 0. The Labute approximate surface area is 124 Å². The largest absolute Gasteiger partial charge is 0.384 e. The minimum absolute atomic E-state index is 0.105. The van der Waals surface area contributed by atoms with Crippen molar-refractivity contribution in [2.75, 3.05) is 23.3 Å². The lowest BCUT2D eigenvalue weighted by molar-refractivity contribution is 0.625. The maximum atomic E-state index is 3.57. The summed E-state index contributed by atoms with van der Waals surface area (Å²) in [6, 6.07) is 17.3. The summed E-state index contributed by atoms with van der Waals surface area (Å²) >= 11 is 0. The van der Waals surface area contributed by atoms with E-state index in [9.17, 15) is 0 Å². The average Bonchev–Trinajstić information content (AvgIpc) is 3.10. The summed E-state index contributed by atoms with van der Waals surface area (Å²) in [5.41, 5.74) is 6.78. The van der Waals surface area contributed by atoms with E-state index in [1.807, 2.05) is 0 Å². The number of anilines is 2. The van der Waals surface area contributed by atoms with Crippen LogP contribution in [0.1, 0.15) is 11.1 Å². The normalized spacial score (nSPS) is 24.4. The van der Waals surface area contributed by atoms with Gasteiger partial charge in [-0.05, 0) is 35.4 Å². The van der Waals surface area contributed by atoms with Crippen molar-refractivity contribution in [3.8, 4) is 0 Å². The summed E-state index contributed by atoms with van der Waals surface area (Å²) in [7, 11) is 0. The van der Waals surface area contributed by atoms with Crippen LogP contribution in [0.2, 0.25) is 0 Å². The molecule has 0 saturated carbocycles. The van der Waals surface area contributed by atoms with E-state index >= 15 is 0 Å². The number of rotatable bonds is 0. The Morgan fingerprint density at radius 1 is 0.952 bits per heavy atom. The highest BCUT2D eigenvalue weighted by atomic mass is 15.2. The van der Waals surface area contributed by atoms with Gasteiger partial charge < -0.3 is 10.2 Å². The smallest absolute Gasteiger partial charge is 0.0527 e. The molecule has 1 N–H and O–H groups in total. The Kier molecular flexibility index (Phi) is 2.02. The molecule has 2 nitrogen and oxygen atoms in total. The Balaban J connectivity index is 1.65. The second-order valence-electron chi connectivity index (χ2n) is 6.10. The molecule has 0 bridgehead atoms. The monoisotopic (exact) mass is 272 g/mol. The fraction of sp³-hybridized carbons (Fsp3) is 0.158. The topological polar surface area (TPSA) is 15.3 Å². The molecule has 3 aliphatic heterocycles. The molecule has 0 amide bonds. The third-order valence-corrected chi connectivity index (χ3v) is 4.90. The number of fused-ring (bicyclic) bond motifs is 5. The Morgan fingerprint density at radius 3 is 2.81 bits per heavy atom. The summed E-state index contributed by atoms with van der Waals surface area (Å²) in [6.07, 6.45) is 6.92. The maximum absolute atomic E-state index is 3.57. The van der Waals surface area contributed by atoms with Gasteiger partial charge in [-0.2, -0.15) is 0 Å². The molecule has 1 atom stereocenters. The van der Waals surface area contributed by atoms with Crippen LogP contribution >= 0.6 is 0 Å². The van der Waals surface area contributed by atoms with Crippen molar-refractivity contribution < 1.29 is 0 Å². The molecular formula is C19H16N2. The predicted octanol–water partition coefficient (Wildman–Crippen LogP) is 3.78. The van der Waals surface area contributed by atoms with Gasteiger partial charge in [0, 0.05) is 30.2 Å². The van der Waals surface area contributed by atoms with E-state index in [4.69, 9.17) is 0 Å². The van der Waals surface area contributed by atoms with Crippen molar-refractivity contribution in [2.24, 2.45) is 0 Å². The number of hydrogen-bond donors (Lipinski definition) is 1. The molecule has 2 aromatic carbocycles. The van der Waals surface area contributed by atoms with Crippen LogP contribution in [0.3, 0.4) is 0 Å². The van der Waals surface area contributed by atoms with Gasteiger partial charge in [-0.15, -0.1) is 0 Å². The molecule has 3 aliphatic rings. The Bertz CT molecular complexity index is 803. The standard InChI is InChI=1S/C19H16N2/c1-4-8-18-14(5-1)9-10-15-11-19(13-21(15)18)12-20-17-7-3-2-6-16(17)19/h1-11,20H,12-13H2. The highest BCUT2D eigenvalue weighted by Gasteiger charge is 2.44. The average molecular weight is 272 g/mol. The van der Waals surface area contributed by atoms with Gasteiger partial charge in [-0.3, -0.25) is 0 Å². The first-order chi connectivity index (χ1) is 10.4. The van der Waals surface area contributed by atoms with Crippen LogP contribution < -0.4 is 10.2 Å². The molecule has 0 aliphatic carbocycles. The van der Waals surface area contributed by atoms with Gasteiger partial charge in [0.05, 0.1) is 5.41 Å². The zero-order chi connectivity index (χ0) is 13.9. The molecule has 1 spiro atoms. The number of para-hydroxylation sites is 2. The minimum Gasteiger partial charge on any atom is -0.384 e. The maximum Gasteiger partial charge on any atom is 0.0527 e. The van der Waals surface area contributed by atoms with Gasteiger partial charge in [0.1, 0.15) is 0 Å². The van der Waals surface area contributed by atoms with E-state index < -0.39 is 0 Å². The molecular weight excluding hydrogens is 256 g/mol. The van der Waals surface area contributed by atoms with Crippen LogP contribution in [-0.2, 0) is 5.41 Å². The SMILES string of the molecule is C1=Cc2ccccc2N2CC3(C=C12)CNc1ccccc13. The van der Waals surface area contributed by atoms with Crippen LogP contribution in [0, 0.1) is 0 Å². The lowest BCUT2D eigenvalue weighted by atomic mass is 9.83. The number of allylic oxidation sites excluding steroid dienone is 1. The van der Waals surface area contributed by atoms with Crippen molar-refractivity contribution in [1.82, 2.24) is 0 Å². The third kappa shape index (κ3) is 1.42. The fourth-order valence-corrected chi connectivity index (χ4v) is 3.88. The summed E-state index contributed by atoms with van der Waals surface area (Å²) in [6.45, 7) is 2.01. The zero-order valence-electron chi connectivity index (χ0n) is 11.7. The number of nitrogens with one attached hydrogen (secondary N) is 1. The first kappa shape index (κ1) is 11.2. The van der Waals surface area contributed by atoms with Crippen LogP contribution in [0.15, 0.2) is 66.4 Å². The van der Waals surface area contributed by atoms with E-state index in [2.05, 4.69) is 77.0 Å². The van der Waals surface area contributed by atoms with Crippen molar-refractivity contribution >= 4 is 17.5 Å². The molecule has 102 valence electrons. The molecule has 2 heteroatoms. The van der Waals surface area contributed by atoms with Gasteiger partial charge in [-0.1, -0.05) is 42.5 Å². The van der Waals surface area contributed by atoms with Gasteiger partial charge in [0.15, 0.2) is 0 Å². The molecule has 0 saturated heterocycles. The quantitative estimate of drug-likeness (QED) is 0.785. The lowest BCUT2D eigenvalue weighted by Crippen LogP contribution is -2.34. The number of benzene rings is 2.